The van der Waals surface area contributed by atoms with Gasteiger partial charge in [-0.25, -0.2) is 4.39 Å². The second kappa shape index (κ2) is 4.19. The molecular formula is C12H17FN2. The zero-order valence-corrected chi connectivity index (χ0v) is 9.04. The fourth-order valence-electron chi connectivity index (χ4n) is 2.06. The van der Waals surface area contributed by atoms with Gasteiger partial charge in [-0.3, -0.25) is 0 Å². The lowest BCUT2D eigenvalue weighted by atomic mass is 10.0. The van der Waals surface area contributed by atoms with Crippen molar-refractivity contribution in [1.29, 1.82) is 0 Å². The molecule has 2 nitrogen and oxygen atoms in total. The molecule has 0 bridgehead atoms. The van der Waals surface area contributed by atoms with Crippen LogP contribution in [0, 0.1) is 12.7 Å². The van der Waals surface area contributed by atoms with Crippen molar-refractivity contribution in [3.8, 4) is 0 Å². The van der Waals surface area contributed by atoms with Gasteiger partial charge in [-0.2, -0.15) is 0 Å². The van der Waals surface area contributed by atoms with Crippen molar-refractivity contribution in [3.05, 3.63) is 29.6 Å². The van der Waals surface area contributed by atoms with Gasteiger partial charge in [0.25, 0.3) is 0 Å². The van der Waals surface area contributed by atoms with Crippen LogP contribution in [0.25, 0.3) is 0 Å². The molecule has 15 heavy (non-hydrogen) atoms. The summed E-state index contributed by atoms with van der Waals surface area (Å²) in [6.45, 7) is 3.89. The van der Waals surface area contributed by atoms with E-state index in [1.54, 1.807) is 6.07 Å². The molecule has 2 rings (SSSR count). The van der Waals surface area contributed by atoms with Crippen LogP contribution in [-0.2, 0) is 0 Å². The maximum absolute atomic E-state index is 13.1. The molecule has 1 aliphatic rings. The van der Waals surface area contributed by atoms with E-state index in [2.05, 4.69) is 4.90 Å². The SMILES string of the molecule is Cc1ccc(F)cc1N1CCC(N)CC1. The molecule has 2 N–H and O–H groups in total. The molecule has 1 aliphatic heterocycles. The van der Waals surface area contributed by atoms with E-state index < -0.39 is 0 Å². The van der Waals surface area contributed by atoms with E-state index in [0.717, 1.165) is 37.2 Å². The molecular weight excluding hydrogens is 191 g/mol. The summed E-state index contributed by atoms with van der Waals surface area (Å²) in [4.78, 5) is 2.22. The first-order valence-electron chi connectivity index (χ1n) is 5.43. The lowest BCUT2D eigenvalue weighted by molar-refractivity contribution is 0.500. The maximum atomic E-state index is 13.1. The number of rotatable bonds is 1. The van der Waals surface area contributed by atoms with Gasteiger partial charge in [0.2, 0.25) is 0 Å². The molecule has 0 spiro atoms. The Morgan fingerprint density at radius 3 is 2.67 bits per heavy atom. The topological polar surface area (TPSA) is 29.3 Å². The summed E-state index contributed by atoms with van der Waals surface area (Å²) in [5, 5.41) is 0. The molecule has 0 saturated carbocycles. The van der Waals surface area contributed by atoms with Crippen LogP contribution in [0.5, 0.6) is 0 Å². The number of hydrogen-bond acceptors (Lipinski definition) is 2. The zero-order valence-electron chi connectivity index (χ0n) is 9.04. The summed E-state index contributed by atoms with van der Waals surface area (Å²) < 4.78 is 13.1. The minimum atomic E-state index is -0.162. The molecule has 3 heteroatoms. The predicted octanol–water partition coefficient (Wildman–Crippen LogP) is 2.06. The molecule has 0 unspecified atom stereocenters. The highest BCUT2D eigenvalue weighted by atomic mass is 19.1. The molecule has 0 radical (unpaired) electrons. The van der Waals surface area contributed by atoms with E-state index in [1.165, 1.54) is 6.07 Å². The predicted molar refractivity (Wildman–Crippen MR) is 60.6 cm³/mol. The van der Waals surface area contributed by atoms with Crippen molar-refractivity contribution in [2.24, 2.45) is 5.73 Å². The summed E-state index contributed by atoms with van der Waals surface area (Å²) >= 11 is 0. The molecule has 1 aromatic carbocycles. The molecule has 0 aromatic heterocycles. The Morgan fingerprint density at radius 2 is 2.00 bits per heavy atom. The number of anilines is 1. The van der Waals surface area contributed by atoms with E-state index >= 15 is 0 Å². The van der Waals surface area contributed by atoms with Crippen LogP contribution in [0.3, 0.4) is 0 Å². The van der Waals surface area contributed by atoms with Crippen LogP contribution in [0.15, 0.2) is 18.2 Å². The van der Waals surface area contributed by atoms with Crippen molar-refractivity contribution in [3.63, 3.8) is 0 Å². The number of hydrogen-bond donors (Lipinski definition) is 1. The van der Waals surface area contributed by atoms with E-state index in [-0.39, 0.29) is 5.82 Å². The molecule has 0 amide bonds. The first kappa shape index (κ1) is 10.4. The Hall–Kier alpha value is -1.09. The third-order valence-corrected chi connectivity index (χ3v) is 3.05. The van der Waals surface area contributed by atoms with E-state index in [9.17, 15) is 4.39 Å². The summed E-state index contributed by atoms with van der Waals surface area (Å²) in [5.74, 6) is -0.162. The maximum Gasteiger partial charge on any atom is 0.125 e. The van der Waals surface area contributed by atoms with Gasteiger partial charge >= 0.3 is 0 Å². The Morgan fingerprint density at radius 1 is 1.33 bits per heavy atom. The average Bonchev–Trinajstić information content (AvgIpc) is 2.23. The smallest absolute Gasteiger partial charge is 0.125 e. The Labute approximate surface area is 89.9 Å². The summed E-state index contributed by atoms with van der Waals surface area (Å²) in [6.07, 6.45) is 1.99. The number of piperidine rings is 1. The summed E-state index contributed by atoms with van der Waals surface area (Å²) in [6, 6.07) is 5.27. The van der Waals surface area contributed by atoms with Crippen molar-refractivity contribution >= 4 is 5.69 Å². The van der Waals surface area contributed by atoms with Gasteiger partial charge in [0.15, 0.2) is 0 Å². The fraction of sp³-hybridized carbons (Fsp3) is 0.500. The van der Waals surface area contributed by atoms with Crippen LogP contribution in [0.2, 0.25) is 0 Å². The van der Waals surface area contributed by atoms with Gasteiger partial charge < -0.3 is 10.6 Å². The lowest BCUT2D eigenvalue weighted by Gasteiger charge is -2.33. The normalized spacial score (nSPS) is 18.2. The van der Waals surface area contributed by atoms with Gasteiger partial charge in [-0.1, -0.05) is 6.07 Å². The first-order valence-corrected chi connectivity index (χ1v) is 5.43. The zero-order chi connectivity index (χ0) is 10.8. The van der Waals surface area contributed by atoms with Crippen LogP contribution in [0.4, 0.5) is 10.1 Å². The van der Waals surface area contributed by atoms with Gasteiger partial charge in [0.1, 0.15) is 5.82 Å². The molecule has 0 atom stereocenters. The van der Waals surface area contributed by atoms with Gasteiger partial charge in [-0.15, -0.1) is 0 Å². The van der Waals surface area contributed by atoms with Crippen molar-refractivity contribution in [2.45, 2.75) is 25.8 Å². The Bertz CT molecular complexity index is 343. The van der Waals surface area contributed by atoms with E-state index in [4.69, 9.17) is 5.73 Å². The van der Waals surface area contributed by atoms with E-state index in [1.807, 2.05) is 13.0 Å². The number of nitrogens with two attached hydrogens (primary N) is 1. The van der Waals surface area contributed by atoms with Gasteiger partial charge in [-0.05, 0) is 37.5 Å². The average molecular weight is 208 g/mol. The Kier molecular flexibility index (Phi) is 2.91. The quantitative estimate of drug-likeness (QED) is 0.765. The molecule has 1 heterocycles. The highest BCUT2D eigenvalue weighted by Crippen LogP contribution is 2.24. The van der Waals surface area contributed by atoms with Crippen molar-refractivity contribution in [1.82, 2.24) is 0 Å². The van der Waals surface area contributed by atoms with Crippen LogP contribution >= 0.6 is 0 Å². The molecule has 1 aromatic rings. The highest BCUT2D eigenvalue weighted by molar-refractivity contribution is 5.53. The number of nitrogens with zero attached hydrogens (tertiary/aromatic N) is 1. The Balaban J connectivity index is 2.18. The molecule has 82 valence electrons. The first-order chi connectivity index (χ1) is 7.16. The standard InChI is InChI=1S/C12H17FN2/c1-9-2-3-10(13)8-12(9)15-6-4-11(14)5-7-15/h2-3,8,11H,4-7,14H2,1H3. The lowest BCUT2D eigenvalue weighted by Crippen LogP contribution is -2.40. The van der Waals surface area contributed by atoms with Crippen LogP contribution < -0.4 is 10.6 Å². The monoisotopic (exact) mass is 208 g/mol. The third-order valence-electron chi connectivity index (χ3n) is 3.05. The minimum absolute atomic E-state index is 0.162. The second-order valence-corrected chi connectivity index (χ2v) is 4.26. The summed E-state index contributed by atoms with van der Waals surface area (Å²) in [5.41, 5.74) is 7.99. The molecule has 0 aliphatic carbocycles. The number of halogens is 1. The fourth-order valence-corrected chi connectivity index (χ4v) is 2.06. The third kappa shape index (κ3) is 2.29. The van der Waals surface area contributed by atoms with Crippen molar-refractivity contribution < 1.29 is 4.39 Å². The van der Waals surface area contributed by atoms with Crippen LogP contribution in [-0.4, -0.2) is 19.1 Å². The summed E-state index contributed by atoms with van der Waals surface area (Å²) in [7, 11) is 0. The van der Waals surface area contributed by atoms with Crippen molar-refractivity contribution in [2.75, 3.05) is 18.0 Å². The number of benzene rings is 1. The highest BCUT2D eigenvalue weighted by Gasteiger charge is 2.17. The van der Waals surface area contributed by atoms with Crippen LogP contribution in [0.1, 0.15) is 18.4 Å². The minimum Gasteiger partial charge on any atom is -0.371 e. The molecule has 1 saturated heterocycles. The van der Waals surface area contributed by atoms with E-state index in [0.29, 0.717) is 6.04 Å². The van der Waals surface area contributed by atoms with Gasteiger partial charge in [0, 0.05) is 24.8 Å². The van der Waals surface area contributed by atoms with Gasteiger partial charge in [0.05, 0.1) is 0 Å². The number of aryl methyl sites for hydroxylation is 1. The largest absolute Gasteiger partial charge is 0.371 e. The second-order valence-electron chi connectivity index (χ2n) is 4.26. The molecule has 1 fully saturated rings.